The van der Waals surface area contributed by atoms with Crippen LogP contribution in [0.25, 0.3) is 0 Å². The van der Waals surface area contributed by atoms with Crippen LogP contribution in [0.2, 0.25) is 0 Å². The zero-order chi connectivity index (χ0) is 12.3. The van der Waals surface area contributed by atoms with E-state index in [0.29, 0.717) is 5.56 Å². The number of aliphatic carboxylic acids is 1. The van der Waals surface area contributed by atoms with E-state index in [1.54, 1.807) is 0 Å². The number of carboxylic acids is 1. The Morgan fingerprint density at radius 1 is 1.25 bits per heavy atom. The second-order valence-electron chi connectivity index (χ2n) is 3.56. The van der Waals surface area contributed by atoms with Crippen LogP contribution in [0.5, 0.6) is 5.75 Å². The normalized spacial score (nSPS) is 13.9. The van der Waals surface area contributed by atoms with Crippen molar-refractivity contribution in [2.24, 2.45) is 0 Å². The molecule has 86 valence electrons. The molecule has 5 heteroatoms. The second-order valence-corrected chi connectivity index (χ2v) is 3.56. The van der Waals surface area contributed by atoms with Crippen LogP contribution in [0.4, 0.5) is 0 Å². The van der Waals surface area contributed by atoms with E-state index < -0.39 is 17.3 Å². The zero-order valence-corrected chi connectivity index (χ0v) is 9.02. The minimum absolute atomic E-state index is 0.0217. The molecule has 1 aromatic rings. The first-order chi connectivity index (χ1) is 7.42. The van der Waals surface area contributed by atoms with E-state index in [-0.39, 0.29) is 5.75 Å². The summed E-state index contributed by atoms with van der Waals surface area (Å²) in [6.07, 6.45) is 0. The first-order valence-corrected chi connectivity index (χ1v) is 4.68. The topological polar surface area (TPSA) is 86.6 Å². The Balaban J connectivity index is 3.27. The highest BCUT2D eigenvalue weighted by Crippen LogP contribution is 2.26. The number of aromatic hydroxyl groups is 1. The molecule has 0 heterocycles. The number of carboxylic acid groups (broad SMARTS) is 1. The summed E-state index contributed by atoms with van der Waals surface area (Å²) in [5, 5.41) is 20.6. The molecular formula is C11H13NO4. The van der Waals surface area contributed by atoms with E-state index in [1.165, 1.54) is 38.2 Å². The number of likely N-dealkylation sites (N-methyl/N-ethyl adjacent to an activating group) is 1. The van der Waals surface area contributed by atoms with Gasteiger partial charge in [0.15, 0.2) is 5.41 Å². The largest absolute Gasteiger partial charge is 0.508 e. The lowest BCUT2D eigenvalue weighted by Gasteiger charge is -2.23. The molecule has 0 fully saturated rings. The molecule has 0 aliphatic carbocycles. The van der Waals surface area contributed by atoms with Gasteiger partial charge >= 0.3 is 5.97 Å². The zero-order valence-electron chi connectivity index (χ0n) is 9.02. The van der Waals surface area contributed by atoms with Gasteiger partial charge in [0, 0.05) is 7.05 Å². The van der Waals surface area contributed by atoms with Gasteiger partial charge in [0.1, 0.15) is 5.75 Å². The fraction of sp³-hybridized carbons (Fsp3) is 0.273. The van der Waals surface area contributed by atoms with Crippen molar-refractivity contribution >= 4 is 11.9 Å². The van der Waals surface area contributed by atoms with Gasteiger partial charge in [0.05, 0.1) is 0 Å². The van der Waals surface area contributed by atoms with Crippen LogP contribution in [-0.2, 0) is 15.0 Å². The first kappa shape index (κ1) is 12.0. The molecular weight excluding hydrogens is 210 g/mol. The third-order valence-corrected chi connectivity index (χ3v) is 2.55. The lowest BCUT2D eigenvalue weighted by molar-refractivity contribution is -0.148. The van der Waals surface area contributed by atoms with Crippen LogP contribution < -0.4 is 5.32 Å². The maximum Gasteiger partial charge on any atom is 0.323 e. The average molecular weight is 223 g/mol. The van der Waals surface area contributed by atoms with Crippen molar-refractivity contribution in [3.63, 3.8) is 0 Å². The predicted octanol–water partition coefficient (Wildman–Crippen LogP) is 0.480. The lowest BCUT2D eigenvalue weighted by atomic mass is 9.81. The van der Waals surface area contributed by atoms with Crippen LogP contribution in [0.1, 0.15) is 12.5 Å². The molecule has 0 spiro atoms. The van der Waals surface area contributed by atoms with E-state index in [4.69, 9.17) is 10.2 Å². The fourth-order valence-electron chi connectivity index (χ4n) is 1.40. The molecule has 1 atom stereocenters. The van der Waals surface area contributed by atoms with Gasteiger partial charge in [-0.3, -0.25) is 9.59 Å². The maximum absolute atomic E-state index is 11.6. The molecule has 0 aliphatic rings. The molecule has 1 unspecified atom stereocenters. The van der Waals surface area contributed by atoms with Crippen molar-refractivity contribution in [2.45, 2.75) is 12.3 Å². The van der Waals surface area contributed by atoms with Crippen LogP contribution in [0.15, 0.2) is 24.3 Å². The summed E-state index contributed by atoms with van der Waals surface area (Å²) in [4.78, 5) is 22.8. The van der Waals surface area contributed by atoms with Crippen molar-refractivity contribution in [1.82, 2.24) is 5.32 Å². The smallest absolute Gasteiger partial charge is 0.323 e. The molecule has 0 saturated heterocycles. The summed E-state index contributed by atoms with van der Waals surface area (Å²) in [6, 6.07) is 5.52. The van der Waals surface area contributed by atoms with Gasteiger partial charge in [0.25, 0.3) is 0 Å². The van der Waals surface area contributed by atoms with Gasteiger partial charge in [-0.05, 0) is 24.6 Å². The Hall–Kier alpha value is -2.04. The number of rotatable bonds is 3. The lowest BCUT2D eigenvalue weighted by Crippen LogP contribution is -2.46. The van der Waals surface area contributed by atoms with Crippen molar-refractivity contribution in [3.05, 3.63) is 29.8 Å². The molecule has 5 nitrogen and oxygen atoms in total. The molecule has 3 N–H and O–H groups in total. The number of phenols is 1. The van der Waals surface area contributed by atoms with Crippen LogP contribution in [0.3, 0.4) is 0 Å². The summed E-state index contributed by atoms with van der Waals surface area (Å²) >= 11 is 0. The van der Waals surface area contributed by atoms with Crippen molar-refractivity contribution < 1.29 is 19.8 Å². The Morgan fingerprint density at radius 3 is 2.12 bits per heavy atom. The van der Waals surface area contributed by atoms with Gasteiger partial charge in [0.2, 0.25) is 5.91 Å². The minimum Gasteiger partial charge on any atom is -0.508 e. The minimum atomic E-state index is -1.65. The second kappa shape index (κ2) is 4.22. The summed E-state index contributed by atoms with van der Waals surface area (Å²) in [6.45, 7) is 1.32. The highest BCUT2D eigenvalue weighted by molar-refractivity contribution is 6.07. The van der Waals surface area contributed by atoms with Crippen molar-refractivity contribution in [2.75, 3.05) is 7.05 Å². The monoisotopic (exact) mass is 223 g/mol. The molecule has 1 amide bonds. The summed E-state index contributed by atoms with van der Waals surface area (Å²) in [5.74, 6) is -1.82. The SMILES string of the molecule is CNC(=O)C(C)(C(=O)O)c1ccc(O)cc1. The molecule has 0 aliphatic heterocycles. The Labute approximate surface area is 92.7 Å². The molecule has 16 heavy (non-hydrogen) atoms. The van der Waals surface area contributed by atoms with Gasteiger partial charge in [-0.2, -0.15) is 0 Å². The first-order valence-electron chi connectivity index (χ1n) is 4.68. The summed E-state index contributed by atoms with van der Waals surface area (Å²) in [7, 11) is 1.38. The van der Waals surface area contributed by atoms with Gasteiger partial charge in [-0.1, -0.05) is 12.1 Å². The highest BCUT2D eigenvalue weighted by atomic mass is 16.4. The van der Waals surface area contributed by atoms with E-state index >= 15 is 0 Å². The van der Waals surface area contributed by atoms with E-state index in [9.17, 15) is 9.59 Å². The highest BCUT2D eigenvalue weighted by Gasteiger charge is 2.42. The number of phenolic OH excluding ortho intramolecular Hbond substituents is 1. The van der Waals surface area contributed by atoms with Crippen LogP contribution in [0, 0.1) is 0 Å². The molecule has 1 rings (SSSR count). The molecule has 1 aromatic carbocycles. The number of carbonyl (C=O) groups excluding carboxylic acids is 1. The van der Waals surface area contributed by atoms with Crippen molar-refractivity contribution in [3.8, 4) is 5.75 Å². The van der Waals surface area contributed by atoms with E-state index in [2.05, 4.69) is 5.32 Å². The molecule has 0 radical (unpaired) electrons. The number of benzene rings is 1. The van der Waals surface area contributed by atoms with Gasteiger partial charge < -0.3 is 15.5 Å². The van der Waals surface area contributed by atoms with Crippen molar-refractivity contribution in [1.29, 1.82) is 0 Å². The average Bonchev–Trinajstić information content (AvgIpc) is 2.27. The van der Waals surface area contributed by atoms with E-state index in [1.807, 2.05) is 0 Å². The summed E-state index contributed by atoms with van der Waals surface area (Å²) in [5.41, 5.74) is -1.33. The van der Waals surface area contributed by atoms with Crippen LogP contribution in [-0.4, -0.2) is 29.1 Å². The molecule has 0 aromatic heterocycles. The Morgan fingerprint density at radius 2 is 1.75 bits per heavy atom. The summed E-state index contributed by atoms with van der Waals surface area (Å²) < 4.78 is 0. The Bertz CT molecular complexity index is 412. The maximum atomic E-state index is 11.6. The number of nitrogens with one attached hydrogen (secondary N) is 1. The third-order valence-electron chi connectivity index (χ3n) is 2.55. The van der Waals surface area contributed by atoms with Gasteiger partial charge in [-0.15, -0.1) is 0 Å². The Kier molecular flexibility index (Phi) is 3.17. The quantitative estimate of drug-likeness (QED) is 0.650. The molecule has 0 saturated carbocycles. The number of amides is 1. The predicted molar refractivity (Wildman–Crippen MR) is 57.2 cm³/mol. The molecule has 0 bridgehead atoms. The van der Waals surface area contributed by atoms with Gasteiger partial charge in [-0.25, -0.2) is 0 Å². The standard InChI is InChI=1S/C11H13NO4/c1-11(10(15)16,9(14)12-2)7-3-5-8(13)6-4-7/h3-6,13H,1-2H3,(H,12,14)(H,15,16). The number of hydrogen-bond acceptors (Lipinski definition) is 3. The van der Waals surface area contributed by atoms with E-state index in [0.717, 1.165) is 0 Å². The fourth-order valence-corrected chi connectivity index (χ4v) is 1.40. The number of carbonyl (C=O) groups is 2. The third kappa shape index (κ3) is 1.84. The number of hydrogen-bond donors (Lipinski definition) is 3. The van der Waals surface area contributed by atoms with Crippen LogP contribution >= 0.6 is 0 Å².